The number of benzene rings is 1. The average Bonchev–Trinajstić information content (AvgIpc) is 2.80. The molecule has 1 aromatic carbocycles. The number of ether oxygens (including phenoxy) is 1. The minimum atomic E-state index is -0.818. The van der Waals surface area contributed by atoms with E-state index in [1.165, 1.54) is 0 Å². The number of alkyl carbamates (subject to hydrolysis) is 1. The van der Waals surface area contributed by atoms with Gasteiger partial charge >= 0.3 is 6.09 Å². The number of amides is 3. The van der Waals surface area contributed by atoms with Crippen LogP contribution in [-0.2, 0) is 14.3 Å². The highest BCUT2D eigenvalue weighted by molar-refractivity contribution is 5.92. The summed E-state index contributed by atoms with van der Waals surface area (Å²) in [6.45, 7) is 16.4. The van der Waals surface area contributed by atoms with Crippen molar-refractivity contribution in [3.63, 3.8) is 0 Å². The van der Waals surface area contributed by atoms with E-state index in [0.29, 0.717) is 13.1 Å². The second kappa shape index (κ2) is 16.3. The van der Waals surface area contributed by atoms with Gasteiger partial charge in [-0.2, -0.15) is 0 Å². The second-order valence-corrected chi connectivity index (χ2v) is 11.3. The SMILES string of the molecule is CCCCCCN(C(=O)C(NC(=O)OC(C)(C)C)C(C)C)C(C(=O)NCCCCC)c1cccc(C)c1. The van der Waals surface area contributed by atoms with Crippen LogP contribution in [0.15, 0.2) is 24.3 Å². The first kappa shape index (κ1) is 32.5. The van der Waals surface area contributed by atoms with Crippen LogP contribution in [0.5, 0.6) is 0 Å². The summed E-state index contributed by atoms with van der Waals surface area (Å²) in [4.78, 5) is 42.0. The molecule has 0 spiro atoms. The van der Waals surface area contributed by atoms with E-state index in [2.05, 4.69) is 24.5 Å². The Bertz CT molecular complexity index is 847. The molecule has 2 atom stereocenters. The number of carbonyl (C=O) groups is 3. The maximum atomic E-state index is 14.1. The van der Waals surface area contributed by atoms with E-state index in [-0.39, 0.29) is 17.7 Å². The van der Waals surface area contributed by atoms with Crippen LogP contribution in [0, 0.1) is 12.8 Å². The van der Waals surface area contributed by atoms with Crippen LogP contribution in [0.4, 0.5) is 4.79 Å². The number of hydrogen-bond donors (Lipinski definition) is 2. The molecular formula is C30H51N3O4. The highest BCUT2D eigenvalue weighted by Crippen LogP contribution is 2.25. The van der Waals surface area contributed by atoms with E-state index in [4.69, 9.17) is 4.74 Å². The van der Waals surface area contributed by atoms with Gasteiger partial charge in [0.05, 0.1) is 0 Å². The monoisotopic (exact) mass is 517 g/mol. The van der Waals surface area contributed by atoms with Crippen LogP contribution in [0.3, 0.4) is 0 Å². The molecule has 210 valence electrons. The predicted molar refractivity (Wildman–Crippen MR) is 150 cm³/mol. The minimum absolute atomic E-state index is 0.190. The minimum Gasteiger partial charge on any atom is -0.444 e. The number of nitrogens with zero attached hydrogens (tertiary/aromatic N) is 1. The van der Waals surface area contributed by atoms with E-state index in [9.17, 15) is 14.4 Å². The lowest BCUT2D eigenvalue weighted by atomic mass is 9.97. The fraction of sp³-hybridized carbons (Fsp3) is 0.700. The van der Waals surface area contributed by atoms with Gasteiger partial charge in [-0.25, -0.2) is 4.79 Å². The Morgan fingerprint density at radius 1 is 0.973 bits per heavy atom. The summed E-state index contributed by atoms with van der Waals surface area (Å²) in [6, 6.07) is 6.17. The van der Waals surface area contributed by atoms with E-state index in [1.54, 1.807) is 25.7 Å². The molecule has 2 unspecified atom stereocenters. The zero-order chi connectivity index (χ0) is 28.0. The Balaban J connectivity index is 3.39. The number of rotatable bonds is 15. The zero-order valence-corrected chi connectivity index (χ0v) is 24.5. The van der Waals surface area contributed by atoms with Crippen molar-refractivity contribution < 1.29 is 19.1 Å². The number of aryl methyl sites for hydroxylation is 1. The fourth-order valence-electron chi connectivity index (χ4n) is 4.20. The van der Waals surface area contributed by atoms with Crippen LogP contribution in [-0.4, -0.2) is 47.5 Å². The third-order valence-corrected chi connectivity index (χ3v) is 6.14. The molecule has 1 rings (SSSR count). The highest BCUT2D eigenvalue weighted by atomic mass is 16.6. The summed E-state index contributed by atoms with van der Waals surface area (Å²) >= 11 is 0. The Hall–Kier alpha value is -2.57. The standard InChI is InChI=1S/C30H51N3O4/c1-9-11-13-15-20-33(28(35)25(22(3)4)32-29(36)37-30(6,7)8)26(24-18-16-17-23(5)21-24)27(34)31-19-14-12-10-2/h16-18,21-22,25-26H,9-15,19-20H2,1-8H3,(H,31,34)(H,32,36). The molecule has 0 radical (unpaired) electrons. The smallest absolute Gasteiger partial charge is 0.408 e. The fourth-order valence-corrected chi connectivity index (χ4v) is 4.20. The summed E-state index contributed by atoms with van der Waals surface area (Å²) in [5.74, 6) is -0.651. The van der Waals surface area contributed by atoms with E-state index in [1.807, 2.05) is 45.0 Å². The molecule has 0 bridgehead atoms. The molecule has 0 aliphatic rings. The van der Waals surface area contributed by atoms with Crippen LogP contribution in [0.2, 0.25) is 0 Å². The largest absolute Gasteiger partial charge is 0.444 e. The Morgan fingerprint density at radius 3 is 2.19 bits per heavy atom. The third kappa shape index (κ3) is 12.0. The van der Waals surface area contributed by atoms with Crippen molar-refractivity contribution in [1.82, 2.24) is 15.5 Å². The summed E-state index contributed by atoms with van der Waals surface area (Å²) in [5.41, 5.74) is 1.11. The van der Waals surface area contributed by atoms with Gasteiger partial charge in [0.1, 0.15) is 17.7 Å². The quantitative estimate of drug-likeness (QED) is 0.267. The third-order valence-electron chi connectivity index (χ3n) is 6.14. The summed E-state index contributed by atoms with van der Waals surface area (Å²) < 4.78 is 5.45. The van der Waals surface area contributed by atoms with Crippen LogP contribution in [0.1, 0.15) is 111 Å². The van der Waals surface area contributed by atoms with E-state index >= 15 is 0 Å². The molecule has 2 N–H and O–H groups in total. The molecule has 0 fully saturated rings. The molecule has 7 heteroatoms. The maximum Gasteiger partial charge on any atom is 0.408 e. The van der Waals surface area contributed by atoms with Gasteiger partial charge < -0.3 is 20.3 Å². The number of carbonyl (C=O) groups excluding carboxylic acids is 3. The molecule has 0 saturated carbocycles. The Kier molecular flexibility index (Phi) is 14.3. The molecule has 7 nitrogen and oxygen atoms in total. The molecule has 0 heterocycles. The molecule has 0 aliphatic heterocycles. The van der Waals surface area contributed by atoms with Crippen molar-refractivity contribution in [3.05, 3.63) is 35.4 Å². The molecule has 0 aromatic heterocycles. The van der Waals surface area contributed by atoms with Gasteiger partial charge in [-0.05, 0) is 52.0 Å². The predicted octanol–water partition coefficient (Wildman–Crippen LogP) is 6.30. The molecule has 1 aromatic rings. The van der Waals surface area contributed by atoms with E-state index < -0.39 is 23.8 Å². The van der Waals surface area contributed by atoms with Crippen molar-refractivity contribution in [1.29, 1.82) is 0 Å². The molecule has 37 heavy (non-hydrogen) atoms. The lowest BCUT2D eigenvalue weighted by Crippen LogP contribution is -2.55. The maximum absolute atomic E-state index is 14.1. The van der Waals surface area contributed by atoms with Crippen molar-refractivity contribution in [2.75, 3.05) is 13.1 Å². The summed E-state index contributed by atoms with van der Waals surface area (Å²) in [5, 5.41) is 5.85. The summed E-state index contributed by atoms with van der Waals surface area (Å²) in [7, 11) is 0. The van der Waals surface area contributed by atoms with Gasteiger partial charge in [0.25, 0.3) is 0 Å². The van der Waals surface area contributed by atoms with Crippen molar-refractivity contribution >= 4 is 17.9 Å². The van der Waals surface area contributed by atoms with Gasteiger partial charge in [0.2, 0.25) is 11.8 Å². The first-order valence-electron chi connectivity index (χ1n) is 14.1. The zero-order valence-electron chi connectivity index (χ0n) is 24.5. The molecule has 0 aliphatic carbocycles. The normalized spacial score (nSPS) is 13.1. The van der Waals surface area contributed by atoms with Gasteiger partial charge in [-0.15, -0.1) is 0 Å². The van der Waals surface area contributed by atoms with Gasteiger partial charge in [0, 0.05) is 13.1 Å². The lowest BCUT2D eigenvalue weighted by Gasteiger charge is -2.36. The van der Waals surface area contributed by atoms with E-state index in [0.717, 1.165) is 56.1 Å². The Morgan fingerprint density at radius 2 is 1.62 bits per heavy atom. The number of nitrogens with one attached hydrogen (secondary N) is 2. The van der Waals surface area contributed by atoms with Gasteiger partial charge in [-0.3, -0.25) is 9.59 Å². The Labute approximate surface area is 225 Å². The molecular weight excluding hydrogens is 466 g/mol. The van der Waals surface area contributed by atoms with Crippen LogP contribution >= 0.6 is 0 Å². The van der Waals surface area contributed by atoms with Crippen LogP contribution < -0.4 is 10.6 Å². The topological polar surface area (TPSA) is 87.7 Å². The van der Waals surface area contributed by atoms with Crippen molar-refractivity contribution in [2.45, 2.75) is 118 Å². The first-order valence-corrected chi connectivity index (χ1v) is 14.1. The highest BCUT2D eigenvalue weighted by Gasteiger charge is 2.37. The number of hydrogen-bond acceptors (Lipinski definition) is 4. The second-order valence-electron chi connectivity index (χ2n) is 11.3. The van der Waals surface area contributed by atoms with Crippen molar-refractivity contribution in [2.24, 2.45) is 5.92 Å². The molecule has 3 amide bonds. The average molecular weight is 518 g/mol. The van der Waals surface area contributed by atoms with Crippen molar-refractivity contribution in [3.8, 4) is 0 Å². The van der Waals surface area contributed by atoms with Crippen LogP contribution in [0.25, 0.3) is 0 Å². The first-order chi connectivity index (χ1) is 17.4. The lowest BCUT2D eigenvalue weighted by molar-refractivity contribution is -0.143. The van der Waals surface area contributed by atoms with Gasteiger partial charge in [0.15, 0.2) is 0 Å². The summed E-state index contributed by atoms with van der Waals surface area (Å²) in [6.07, 6.45) is 6.22. The molecule has 0 saturated heterocycles. The number of unbranched alkanes of at least 4 members (excludes halogenated alkanes) is 5. The van der Waals surface area contributed by atoms with Gasteiger partial charge in [-0.1, -0.05) is 89.6 Å².